The Hall–Kier alpha value is -4.06. The van der Waals surface area contributed by atoms with E-state index < -0.39 is 5.97 Å². The van der Waals surface area contributed by atoms with Crippen molar-refractivity contribution in [2.45, 2.75) is 13.2 Å². The molecule has 0 amide bonds. The monoisotopic (exact) mass is 529 g/mol. The maximum absolute atomic E-state index is 12.6. The normalized spacial score (nSPS) is 13.8. The zero-order valence-electron chi connectivity index (χ0n) is 19.6. The van der Waals surface area contributed by atoms with Gasteiger partial charge in [0.25, 0.3) is 0 Å². The van der Waals surface area contributed by atoms with Gasteiger partial charge in [-0.2, -0.15) is 0 Å². The van der Waals surface area contributed by atoms with Crippen LogP contribution in [0.3, 0.4) is 0 Å². The average molecular weight is 530 g/mol. The summed E-state index contributed by atoms with van der Waals surface area (Å²) in [6.45, 7) is 0.764. The molecule has 0 fully saturated rings. The third-order valence-electron chi connectivity index (χ3n) is 5.54. The number of hydrogen-bond acceptors (Lipinski definition) is 5. The molecular formula is C30H21Cl2NO4. The number of ether oxygens (including phenoxy) is 3. The van der Waals surface area contributed by atoms with Gasteiger partial charge in [-0.15, -0.1) is 0 Å². The second kappa shape index (κ2) is 11.3. The minimum Gasteiger partial charge on any atom is -0.489 e. The Balaban J connectivity index is 1.43. The van der Waals surface area contributed by atoms with Crippen molar-refractivity contribution in [3.8, 4) is 11.5 Å². The van der Waals surface area contributed by atoms with E-state index in [1.165, 1.54) is 0 Å². The summed E-state index contributed by atoms with van der Waals surface area (Å²) >= 11 is 12.3. The molecule has 0 saturated carbocycles. The molecule has 0 aliphatic carbocycles. The summed E-state index contributed by atoms with van der Waals surface area (Å²) in [6.07, 6.45) is 1.63. The van der Waals surface area contributed by atoms with Crippen LogP contribution in [0.2, 0.25) is 10.0 Å². The number of carbonyl (C=O) groups is 1. The molecule has 0 saturated heterocycles. The van der Waals surface area contributed by atoms with Gasteiger partial charge >= 0.3 is 5.97 Å². The van der Waals surface area contributed by atoms with E-state index in [1.54, 1.807) is 30.3 Å². The Kier molecular flexibility index (Phi) is 7.54. The molecule has 0 radical (unpaired) electrons. The van der Waals surface area contributed by atoms with E-state index in [0.717, 1.165) is 11.1 Å². The number of esters is 1. The van der Waals surface area contributed by atoms with Crippen molar-refractivity contribution >= 4 is 41.1 Å². The van der Waals surface area contributed by atoms with Gasteiger partial charge in [0.2, 0.25) is 5.90 Å². The van der Waals surface area contributed by atoms with E-state index in [0.29, 0.717) is 45.9 Å². The third kappa shape index (κ3) is 6.20. The Morgan fingerprint density at radius 1 is 0.784 bits per heavy atom. The van der Waals surface area contributed by atoms with E-state index in [1.807, 2.05) is 72.8 Å². The van der Waals surface area contributed by atoms with Gasteiger partial charge in [0, 0.05) is 16.7 Å². The van der Waals surface area contributed by atoms with Gasteiger partial charge in [0.1, 0.15) is 24.7 Å². The van der Waals surface area contributed by atoms with E-state index >= 15 is 0 Å². The molecule has 1 aliphatic rings. The quantitative estimate of drug-likeness (QED) is 0.175. The van der Waals surface area contributed by atoms with Crippen LogP contribution in [0.25, 0.3) is 6.08 Å². The lowest BCUT2D eigenvalue weighted by atomic mass is 10.1. The average Bonchev–Trinajstić information content (AvgIpc) is 3.27. The Morgan fingerprint density at radius 2 is 1.46 bits per heavy atom. The Morgan fingerprint density at radius 3 is 2.14 bits per heavy atom. The maximum atomic E-state index is 12.6. The molecule has 0 atom stereocenters. The smallest absolute Gasteiger partial charge is 0.363 e. The van der Waals surface area contributed by atoms with Crippen molar-refractivity contribution in [3.63, 3.8) is 0 Å². The fourth-order valence-electron chi connectivity index (χ4n) is 3.66. The van der Waals surface area contributed by atoms with Gasteiger partial charge in [0.05, 0.1) is 10.6 Å². The van der Waals surface area contributed by atoms with E-state index in [4.69, 9.17) is 37.4 Å². The van der Waals surface area contributed by atoms with Crippen molar-refractivity contribution in [2.24, 2.45) is 4.99 Å². The molecule has 184 valence electrons. The molecule has 4 aromatic rings. The van der Waals surface area contributed by atoms with Gasteiger partial charge in [-0.25, -0.2) is 9.79 Å². The maximum Gasteiger partial charge on any atom is 0.363 e. The van der Waals surface area contributed by atoms with E-state index in [2.05, 4.69) is 4.99 Å². The van der Waals surface area contributed by atoms with Gasteiger partial charge in [0.15, 0.2) is 5.70 Å². The lowest BCUT2D eigenvalue weighted by molar-refractivity contribution is -0.129. The first-order valence-electron chi connectivity index (χ1n) is 11.5. The molecule has 0 aromatic heterocycles. The van der Waals surface area contributed by atoms with Crippen LogP contribution in [0.4, 0.5) is 0 Å². The second-order valence-electron chi connectivity index (χ2n) is 8.21. The fraction of sp³-hybridized carbons (Fsp3) is 0.0667. The molecule has 1 heterocycles. The largest absolute Gasteiger partial charge is 0.489 e. The first-order valence-corrected chi connectivity index (χ1v) is 12.3. The number of rotatable bonds is 8. The molecule has 37 heavy (non-hydrogen) atoms. The molecule has 1 aliphatic heterocycles. The number of nitrogens with zero attached hydrogens (tertiary/aromatic N) is 1. The minimum absolute atomic E-state index is 0.118. The summed E-state index contributed by atoms with van der Waals surface area (Å²) in [5.41, 5.74) is 3.32. The summed E-state index contributed by atoms with van der Waals surface area (Å²) in [4.78, 5) is 17.0. The van der Waals surface area contributed by atoms with E-state index in [-0.39, 0.29) is 11.6 Å². The van der Waals surface area contributed by atoms with Gasteiger partial charge < -0.3 is 14.2 Å². The topological polar surface area (TPSA) is 57.1 Å². The lowest BCUT2D eigenvalue weighted by Crippen LogP contribution is -2.06. The summed E-state index contributed by atoms with van der Waals surface area (Å²) in [6, 6.07) is 30.1. The Labute approximate surface area is 224 Å². The lowest BCUT2D eigenvalue weighted by Gasteiger charge is -2.13. The van der Waals surface area contributed by atoms with Crippen molar-refractivity contribution in [2.75, 3.05) is 0 Å². The predicted molar refractivity (Wildman–Crippen MR) is 145 cm³/mol. The highest BCUT2D eigenvalue weighted by Crippen LogP contribution is 2.31. The SMILES string of the molecule is O=C1OC(c2ccc(Cl)cc2Cl)=NC1=Cc1ccc(OCc2ccccc2)cc1OCc1ccccc1. The Bertz CT molecular complexity index is 1480. The molecule has 5 nitrogen and oxygen atoms in total. The molecule has 7 heteroatoms. The molecule has 4 aromatic carbocycles. The van der Waals surface area contributed by atoms with Crippen LogP contribution < -0.4 is 9.47 Å². The van der Waals surface area contributed by atoms with Crippen molar-refractivity contribution in [1.29, 1.82) is 0 Å². The zero-order chi connectivity index (χ0) is 25.6. The first kappa shape index (κ1) is 24.6. The van der Waals surface area contributed by atoms with Crippen molar-refractivity contribution in [3.05, 3.63) is 135 Å². The number of aliphatic imine (C=N–C) groups is 1. The molecule has 0 spiro atoms. The van der Waals surface area contributed by atoms with Gasteiger partial charge in [-0.05, 0) is 47.5 Å². The fourth-order valence-corrected chi connectivity index (χ4v) is 4.15. The standard InChI is InChI=1S/C30H21Cl2NO4/c31-23-12-14-25(26(32)16-23)29-33-27(30(34)37-29)15-22-11-13-24(35-18-20-7-3-1-4-8-20)17-28(22)36-19-21-9-5-2-6-10-21/h1-17H,18-19H2. The summed E-state index contributed by atoms with van der Waals surface area (Å²) in [5.74, 6) is 0.718. The third-order valence-corrected chi connectivity index (χ3v) is 6.09. The van der Waals surface area contributed by atoms with Crippen LogP contribution in [0.5, 0.6) is 11.5 Å². The minimum atomic E-state index is -0.584. The molecule has 0 N–H and O–H groups in total. The van der Waals surface area contributed by atoms with Crippen LogP contribution in [-0.2, 0) is 22.7 Å². The summed E-state index contributed by atoms with van der Waals surface area (Å²) in [5, 5.41) is 0.816. The molecule has 0 unspecified atom stereocenters. The highest BCUT2D eigenvalue weighted by atomic mass is 35.5. The number of hydrogen-bond donors (Lipinski definition) is 0. The van der Waals surface area contributed by atoms with Crippen LogP contribution >= 0.6 is 23.2 Å². The number of benzene rings is 4. The molecule has 5 rings (SSSR count). The molecule has 0 bridgehead atoms. The van der Waals surface area contributed by atoms with E-state index in [9.17, 15) is 4.79 Å². The number of carbonyl (C=O) groups excluding carboxylic acids is 1. The van der Waals surface area contributed by atoms with Crippen LogP contribution in [0, 0.1) is 0 Å². The number of cyclic esters (lactones) is 1. The van der Waals surface area contributed by atoms with Crippen LogP contribution in [0.15, 0.2) is 108 Å². The van der Waals surface area contributed by atoms with Crippen molar-refractivity contribution < 1.29 is 19.0 Å². The molecular weight excluding hydrogens is 509 g/mol. The summed E-state index contributed by atoms with van der Waals surface area (Å²) < 4.78 is 17.5. The van der Waals surface area contributed by atoms with Crippen LogP contribution in [-0.4, -0.2) is 11.9 Å². The predicted octanol–water partition coefficient (Wildman–Crippen LogP) is 7.50. The summed E-state index contributed by atoms with van der Waals surface area (Å²) in [7, 11) is 0. The highest BCUT2D eigenvalue weighted by molar-refractivity contribution is 6.37. The highest BCUT2D eigenvalue weighted by Gasteiger charge is 2.26. The van der Waals surface area contributed by atoms with Crippen LogP contribution in [0.1, 0.15) is 22.3 Å². The first-order chi connectivity index (χ1) is 18.0. The number of halogens is 2. The van der Waals surface area contributed by atoms with Gasteiger partial charge in [-0.3, -0.25) is 0 Å². The second-order valence-corrected chi connectivity index (χ2v) is 9.05. The van der Waals surface area contributed by atoms with Crippen molar-refractivity contribution in [1.82, 2.24) is 0 Å². The van der Waals surface area contributed by atoms with Gasteiger partial charge in [-0.1, -0.05) is 83.9 Å². The zero-order valence-corrected chi connectivity index (χ0v) is 21.1.